The van der Waals surface area contributed by atoms with Crippen LogP contribution in [0.5, 0.6) is 0 Å². The highest BCUT2D eigenvalue weighted by Gasteiger charge is 2.32. The Hall–Kier alpha value is -1.89. The van der Waals surface area contributed by atoms with Gasteiger partial charge in [0.05, 0.1) is 10.5 Å². The minimum absolute atomic E-state index is 0.00852. The molecule has 0 atom stereocenters. The van der Waals surface area contributed by atoms with Crippen molar-refractivity contribution < 1.29 is 18.0 Å². The smallest absolute Gasteiger partial charge is 0.273 e. The first-order valence-corrected chi connectivity index (χ1v) is 8.66. The first kappa shape index (κ1) is 15.5. The Labute approximate surface area is 124 Å². The van der Waals surface area contributed by atoms with Crippen LogP contribution < -0.4 is 0 Å². The molecule has 2 rings (SSSR count). The Balaban J connectivity index is 2.39. The minimum atomic E-state index is -3.50. The highest BCUT2D eigenvalue weighted by molar-refractivity contribution is 7.90. The van der Waals surface area contributed by atoms with Crippen LogP contribution >= 0.6 is 0 Å². The number of carbonyl (C=O) groups is 2. The van der Waals surface area contributed by atoms with E-state index in [2.05, 4.69) is 0 Å². The molecule has 1 aromatic rings. The average Bonchev–Trinajstić information content (AvgIpc) is 2.94. The van der Waals surface area contributed by atoms with Crippen LogP contribution in [0.15, 0.2) is 29.2 Å². The predicted molar refractivity (Wildman–Crippen MR) is 77.2 cm³/mol. The van der Waals surface area contributed by atoms with Gasteiger partial charge in [0, 0.05) is 25.8 Å². The van der Waals surface area contributed by atoms with Gasteiger partial charge < -0.3 is 0 Å². The Morgan fingerprint density at radius 3 is 2.38 bits per heavy atom. The van der Waals surface area contributed by atoms with E-state index in [4.69, 9.17) is 0 Å². The monoisotopic (exact) mass is 310 g/mol. The number of hydrazine groups is 1. The number of benzene rings is 1. The molecule has 1 aromatic carbocycles. The summed E-state index contributed by atoms with van der Waals surface area (Å²) in [6.45, 7) is 2.63. The Morgan fingerprint density at radius 2 is 1.76 bits per heavy atom. The van der Waals surface area contributed by atoms with Crippen LogP contribution in [-0.2, 0) is 14.6 Å². The topological polar surface area (TPSA) is 74.8 Å². The molecule has 6 nitrogen and oxygen atoms in total. The lowest BCUT2D eigenvalue weighted by Crippen LogP contribution is -2.44. The van der Waals surface area contributed by atoms with Crippen molar-refractivity contribution >= 4 is 21.7 Å². The molecule has 1 saturated heterocycles. The summed E-state index contributed by atoms with van der Waals surface area (Å²) < 4.78 is 23.6. The molecule has 1 aliphatic heterocycles. The fourth-order valence-corrected chi connectivity index (χ4v) is 3.25. The number of sulfone groups is 1. The summed E-state index contributed by atoms with van der Waals surface area (Å²) in [4.78, 5) is 24.5. The first-order valence-electron chi connectivity index (χ1n) is 6.77. The van der Waals surface area contributed by atoms with Crippen molar-refractivity contribution in [2.45, 2.75) is 24.7 Å². The van der Waals surface area contributed by atoms with E-state index < -0.39 is 15.7 Å². The summed E-state index contributed by atoms with van der Waals surface area (Å²) >= 11 is 0. The molecule has 1 heterocycles. The quantitative estimate of drug-likeness (QED) is 0.837. The van der Waals surface area contributed by atoms with E-state index in [9.17, 15) is 18.0 Å². The molecule has 0 N–H and O–H groups in total. The summed E-state index contributed by atoms with van der Waals surface area (Å²) in [6.07, 6.45) is 2.06. The summed E-state index contributed by atoms with van der Waals surface area (Å²) in [5, 5.41) is 2.75. The molecule has 7 heteroatoms. The third-order valence-corrected chi connectivity index (χ3v) is 4.53. The zero-order chi connectivity index (χ0) is 15.6. The molecule has 114 valence electrons. The molecule has 2 amide bonds. The Kier molecular flexibility index (Phi) is 4.32. The standard InChI is InChI=1S/C14H18N2O4S/c1-3-13(17)15-9-6-10-16(15)14(18)11-7-4-5-8-12(11)21(2,19)20/h4-5,7-8H,3,6,9-10H2,1-2H3. The third-order valence-electron chi connectivity index (χ3n) is 3.37. The molecule has 0 aliphatic carbocycles. The van der Waals surface area contributed by atoms with Gasteiger partial charge in [-0.25, -0.2) is 13.4 Å². The van der Waals surface area contributed by atoms with E-state index in [1.54, 1.807) is 19.1 Å². The zero-order valence-corrected chi connectivity index (χ0v) is 12.9. The second-order valence-electron chi connectivity index (χ2n) is 4.92. The molecule has 1 fully saturated rings. The van der Waals surface area contributed by atoms with Crippen LogP contribution in [0.25, 0.3) is 0 Å². The summed E-state index contributed by atoms with van der Waals surface area (Å²) in [7, 11) is -3.50. The maximum atomic E-state index is 12.6. The maximum absolute atomic E-state index is 12.6. The van der Waals surface area contributed by atoms with Crippen molar-refractivity contribution in [3.63, 3.8) is 0 Å². The molecule has 21 heavy (non-hydrogen) atoms. The lowest BCUT2D eigenvalue weighted by atomic mass is 10.2. The summed E-state index contributed by atoms with van der Waals surface area (Å²) in [5.74, 6) is -0.590. The number of carbonyl (C=O) groups excluding carboxylic acids is 2. The lowest BCUT2D eigenvalue weighted by Gasteiger charge is -2.28. The highest BCUT2D eigenvalue weighted by Crippen LogP contribution is 2.21. The van der Waals surface area contributed by atoms with Gasteiger partial charge in [-0.3, -0.25) is 14.6 Å². The molecule has 0 saturated carbocycles. The second kappa shape index (κ2) is 5.85. The fourth-order valence-electron chi connectivity index (χ4n) is 2.37. The summed E-state index contributed by atoms with van der Waals surface area (Å²) in [6, 6.07) is 6.08. The normalized spacial score (nSPS) is 15.3. The SMILES string of the molecule is CCC(=O)N1CCCN1C(=O)c1ccccc1S(C)(=O)=O. The van der Waals surface area contributed by atoms with E-state index in [1.165, 1.54) is 22.2 Å². The maximum Gasteiger partial charge on any atom is 0.273 e. The third kappa shape index (κ3) is 3.07. The Bertz CT molecular complexity index is 669. The first-order chi connectivity index (χ1) is 9.86. The molecule has 1 aliphatic rings. The van der Waals surface area contributed by atoms with Crippen LogP contribution in [0.2, 0.25) is 0 Å². The van der Waals surface area contributed by atoms with Gasteiger partial charge in [0.1, 0.15) is 0 Å². The number of amides is 2. The number of nitrogens with zero attached hydrogens (tertiary/aromatic N) is 2. The average molecular weight is 310 g/mol. The molecular weight excluding hydrogens is 292 g/mol. The van der Waals surface area contributed by atoms with E-state index in [0.29, 0.717) is 25.9 Å². The zero-order valence-electron chi connectivity index (χ0n) is 12.1. The van der Waals surface area contributed by atoms with Crippen molar-refractivity contribution in [2.75, 3.05) is 19.3 Å². The fraction of sp³-hybridized carbons (Fsp3) is 0.429. The van der Waals surface area contributed by atoms with Gasteiger partial charge in [-0.1, -0.05) is 19.1 Å². The number of hydrogen-bond donors (Lipinski definition) is 0. The van der Waals surface area contributed by atoms with Crippen molar-refractivity contribution in [1.82, 2.24) is 10.0 Å². The van der Waals surface area contributed by atoms with Crippen molar-refractivity contribution in [3.8, 4) is 0 Å². The largest absolute Gasteiger partial charge is 0.273 e. The van der Waals surface area contributed by atoms with Crippen LogP contribution in [0.1, 0.15) is 30.1 Å². The van der Waals surface area contributed by atoms with Gasteiger partial charge >= 0.3 is 0 Å². The molecule has 0 radical (unpaired) electrons. The molecular formula is C14H18N2O4S. The van der Waals surface area contributed by atoms with E-state index in [1.807, 2.05) is 0 Å². The van der Waals surface area contributed by atoms with Gasteiger partial charge in [-0.05, 0) is 18.6 Å². The van der Waals surface area contributed by atoms with E-state index >= 15 is 0 Å². The van der Waals surface area contributed by atoms with Gasteiger partial charge in [-0.2, -0.15) is 0 Å². The summed E-state index contributed by atoms with van der Waals surface area (Å²) in [5.41, 5.74) is 0.107. The Morgan fingerprint density at radius 1 is 1.14 bits per heavy atom. The van der Waals surface area contributed by atoms with E-state index in [0.717, 1.165) is 6.26 Å². The second-order valence-corrected chi connectivity index (χ2v) is 6.90. The van der Waals surface area contributed by atoms with E-state index in [-0.39, 0.29) is 16.4 Å². The molecule has 0 bridgehead atoms. The van der Waals surface area contributed by atoms with Gasteiger partial charge in [0.2, 0.25) is 5.91 Å². The highest BCUT2D eigenvalue weighted by atomic mass is 32.2. The minimum Gasteiger partial charge on any atom is -0.273 e. The van der Waals surface area contributed by atoms with Crippen molar-refractivity contribution in [1.29, 1.82) is 0 Å². The molecule has 0 unspecified atom stereocenters. The van der Waals surface area contributed by atoms with Crippen LogP contribution in [0.4, 0.5) is 0 Å². The van der Waals surface area contributed by atoms with Gasteiger partial charge in [0.25, 0.3) is 5.91 Å². The van der Waals surface area contributed by atoms with Gasteiger partial charge in [-0.15, -0.1) is 0 Å². The van der Waals surface area contributed by atoms with Crippen LogP contribution in [-0.4, -0.2) is 49.6 Å². The van der Waals surface area contributed by atoms with Crippen LogP contribution in [0, 0.1) is 0 Å². The predicted octanol–water partition coefficient (Wildman–Crippen LogP) is 1.09. The van der Waals surface area contributed by atoms with Gasteiger partial charge in [0.15, 0.2) is 9.84 Å². The van der Waals surface area contributed by atoms with Crippen molar-refractivity contribution in [2.24, 2.45) is 0 Å². The lowest BCUT2D eigenvalue weighted by molar-refractivity contribution is -0.140. The number of rotatable bonds is 3. The van der Waals surface area contributed by atoms with Crippen LogP contribution in [0.3, 0.4) is 0 Å². The number of hydrogen-bond acceptors (Lipinski definition) is 4. The molecule has 0 aromatic heterocycles. The molecule has 0 spiro atoms. The van der Waals surface area contributed by atoms with Crippen molar-refractivity contribution in [3.05, 3.63) is 29.8 Å².